The van der Waals surface area contributed by atoms with Gasteiger partial charge >= 0.3 is 0 Å². The number of hydrogen-bond donors (Lipinski definition) is 2. The highest BCUT2D eigenvalue weighted by Crippen LogP contribution is 2.45. The van der Waals surface area contributed by atoms with Gasteiger partial charge < -0.3 is 11.1 Å². The predicted octanol–water partition coefficient (Wildman–Crippen LogP) is 2.96. The van der Waals surface area contributed by atoms with E-state index in [9.17, 15) is 0 Å². The zero-order chi connectivity index (χ0) is 11.7. The normalized spacial score (nSPS) is 46.8. The summed E-state index contributed by atoms with van der Waals surface area (Å²) in [6.45, 7) is 0. The van der Waals surface area contributed by atoms with Crippen molar-refractivity contribution in [2.75, 3.05) is 0 Å². The second-order valence-electron chi connectivity index (χ2n) is 6.89. The van der Waals surface area contributed by atoms with E-state index in [-0.39, 0.29) is 0 Å². The van der Waals surface area contributed by atoms with Gasteiger partial charge in [-0.1, -0.05) is 19.3 Å². The predicted molar refractivity (Wildman–Crippen MR) is 71.9 cm³/mol. The third-order valence-electron chi connectivity index (χ3n) is 5.50. The number of rotatable bonds is 2. The summed E-state index contributed by atoms with van der Waals surface area (Å²) >= 11 is 0. The van der Waals surface area contributed by atoms with Crippen LogP contribution < -0.4 is 11.1 Å². The zero-order valence-corrected chi connectivity index (χ0v) is 11.1. The number of fused-ring (bicyclic) bond motifs is 2. The molecule has 4 atom stereocenters. The van der Waals surface area contributed by atoms with Gasteiger partial charge in [0.1, 0.15) is 0 Å². The molecule has 2 bridgehead atoms. The highest BCUT2D eigenvalue weighted by Gasteiger charge is 2.42. The van der Waals surface area contributed by atoms with E-state index in [0.29, 0.717) is 11.6 Å². The van der Waals surface area contributed by atoms with Crippen molar-refractivity contribution in [2.24, 2.45) is 11.7 Å². The maximum atomic E-state index is 6.08. The molecule has 3 saturated carbocycles. The Morgan fingerprint density at radius 3 is 2.76 bits per heavy atom. The van der Waals surface area contributed by atoms with Crippen molar-refractivity contribution < 1.29 is 0 Å². The lowest BCUT2D eigenvalue weighted by atomic mass is 9.82. The van der Waals surface area contributed by atoms with Crippen molar-refractivity contribution in [3.05, 3.63) is 0 Å². The van der Waals surface area contributed by atoms with Gasteiger partial charge in [0.2, 0.25) is 0 Å². The molecule has 3 N–H and O–H groups in total. The molecule has 3 fully saturated rings. The Bertz CT molecular complexity index is 262. The third kappa shape index (κ3) is 2.68. The average Bonchev–Trinajstić information content (AvgIpc) is 2.49. The largest absolute Gasteiger partial charge is 0.328 e. The van der Waals surface area contributed by atoms with E-state index in [1.54, 1.807) is 0 Å². The van der Waals surface area contributed by atoms with Crippen LogP contribution in [0, 0.1) is 5.92 Å². The van der Waals surface area contributed by atoms with Crippen LogP contribution in [0.4, 0.5) is 0 Å². The zero-order valence-electron chi connectivity index (χ0n) is 11.1. The Morgan fingerprint density at radius 1 is 0.882 bits per heavy atom. The molecule has 2 heteroatoms. The fraction of sp³-hybridized carbons (Fsp3) is 1.00. The highest BCUT2D eigenvalue weighted by molar-refractivity contribution is 5.01. The number of hydrogen-bond acceptors (Lipinski definition) is 2. The maximum Gasteiger partial charge on any atom is 0.0186 e. The summed E-state index contributed by atoms with van der Waals surface area (Å²) < 4.78 is 0. The lowest BCUT2D eigenvalue weighted by Crippen LogP contribution is -2.49. The molecule has 0 saturated heterocycles. The molecule has 0 heterocycles. The standard InChI is InChI=1S/C15H28N2/c16-13-4-1-5-14(7-6-13)17-15-9-2-3-12(11-15)8-10-15/h12-14,17H,1-11,16H2. The van der Waals surface area contributed by atoms with Gasteiger partial charge in [-0.2, -0.15) is 0 Å². The van der Waals surface area contributed by atoms with Gasteiger partial charge in [-0.3, -0.25) is 0 Å². The Labute approximate surface area is 106 Å². The minimum Gasteiger partial charge on any atom is -0.328 e. The van der Waals surface area contributed by atoms with Crippen LogP contribution in [0.3, 0.4) is 0 Å². The minimum absolute atomic E-state index is 0.474. The molecule has 0 amide bonds. The van der Waals surface area contributed by atoms with Crippen molar-refractivity contribution in [1.82, 2.24) is 5.32 Å². The van der Waals surface area contributed by atoms with Crippen molar-refractivity contribution in [2.45, 2.75) is 88.3 Å². The Balaban J connectivity index is 1.58. The molecular formula is C15H28N2. The Hall–Kier alpha value is -0.0800. The van der Waals surface area contributed by atoms with Crippen LogP contribution in [0.1, 0.15) is 70.6 Å². The molecule has 3 aliphatic carbocycles. The lowest BCUT2D eigenvalue weighted by molar-refractivity contribution is 0.214. The van der Waals surface area contributed by atoms with Gasteiger partial charge in [0, 0.05) is 17.6 Å². The van der Waals surface area contributed by atoms with Gasteiger partial charge in [-0.15, -0.1) is 0 Å². The SMILES string of the molecule is NC1CCCC(NC23CCCC(CC2)C3)CC1. The van der Waals surface area contributed by atoms with E-state index < -0.39 is 0 Å². The lowest BCUT2D eigenvalue weighted by Gasteiger charge is -2.38. The fourth-order valence-electron chi connectivity index (χ4n) is 4.55. The van der Waals surface area contributed by atoms with Crippen LogP contribution in [0.25, 0.3) is 0 Å². The first kappa shape index (κ1) is 12.0. The molecule has 0 spiro atoms. The molecule has 0 aromatic heterocycles. The summed E-state index contributed by atoms with van der Waals surface area (Å²) in [7, 11) is 0. The molecule has 3 aliphatic rings. The first-order valence-corrected chi connectivity index (χ1v) is 7.79. The van der Waals surface area contributed by atoms with Crippen LogP contribution in [0.15, 0.2) is 0 Å². The fourth-order valence-corrected chi connectivity index (χ4v) is 4.55. The van der Waals surface area contributed by atoms with E-state index >= 15 is 0 Å². The van der Waals surface area contributed by atoms with Crippen LogP contribution in [-0.2, 0) is 0 Å². The highest BCUT2D eigenvalue weighted by atomic mass is 15.0. The quantitative estimate of drug-likeness (QED) is 0.723. The summed E-state index contributed by atoms with van der Waals surface area (Å²) in [5.41, 5.74) is 6.62. The van der Waals surface area contributed by atoms with Crippen LogP contribution in [0.5, 0.6) is 0 Å². The van der Waals surface area contributed by atoms with Gasteiger partial charge in [0.25, 0.3) is 0 Å². The van der Waals surface area contributed by atoms with Crippen LogP contribution in [-0.4, -0.2) is 17.6 Å². The van der Waals surface area contributed by atoms with Crippen LogP contribution >= 0.6 is 0 Å². The average molecular weight is 236 g/mol. The van der Waals surface area contributed by atoms with Crippen molar-refractivity contribution >= 4 is 0 Å². The molecule has 0 aliphatic heterocycles. The van der Waals surface area contributed by atoms with Gasteiger partial charge in [-0.05, 0) is 57.3 Å². The van der Waals surface area contributed by atoms with E-state index in [0.717, 1.165) is 12.0 Å². The topological polar surface area (TPSA) is 38.0 Å². The van der Waals surface area contributed by atoms with Gasteiger partial charge in [-0.25, -0.2) is 0 Å². The first-order chi connectivity index (χ1) is 8.26. The maximum absolute atomic E-state index is 6.08. The summed E-state index contributed by atoms with van der Waals surface area (Å²) in [5, 5.41) is 4.07. The van der Waals surface area contributed by atoms with Crippen LogP contribution in [0.2, 0.25) is 0 Å². The van der Waals surface area contributed by atoms with E-state index in [2.05, 4.69) is 5.32 Å². The second-order valence-corrected chi connectivity index (χ2v) is 6.89. The molecule has 4 unspecified atom stereocenters. The minimum atomic E-state index is 0.474. The summed E-state index contributed by atoms with van der Waals surface area (Å²) in [6.07, 6.45) is 15.3. The molecule has 3 rings (SSSR count). The van der Waals surface area contributed by atoms with E-state index in [4.69, 9.17) is 5.73 Å². The summed E-state index contributed by atoms with van der Waals surface area (Å²) in [6, 6.07) is 1.24. The van der Waals surface area contributed by atoms with Gasteiger partial charge in [0.15, 0.2) is 0 Å². The number of nitrogens with one attached hydrogen (secondary N) is 1. The number of nitrogens with two attached hydrogens (primary N) is 1. The Kier molecular flexibility index (Phi) is 3.45. The second kappa shape index (κ2) is 4.89. The monoisotopic (exact) mass is 236 g/mol. The van der Waals surface area contributed by atoms with E-state index in [1.807, 2.05) is 0 Å². The van der Waals surface area contributed by atoms with Crippen molar-refractivity contribution in [1.29, 1.82) is 0 Å². The smallest absolute Gasteiger partial charge is 0.0186 e. The molecular weight excluding hydrogens is 208 g/mol. The van der Waals surface area contributed by atoms with Crippen molar-refractivity contribution in [3.63, 3.8) is 0 Å². The van der Waals surface area contributed by atoms with E-state index in [1.165, 1.54) is 70.6 Å². The molecule has 2 nitrogen and oxygen atoms in total. The molecule has 0 aromatic carbocycles. The molecule has 0 aromatic rings. The molecule has 0 radical (unpaired) electrons. The Morgan fingerprint density at radius 2 is 1.82 bits per heavy atom. The molecule has 98 valence electrons. The first-order valence-electron chi connectivity index (χ1n) is 7.79. The summed E-state index contributed by atoms with van der Waals surface area (Å²) in [5.74, 6) is 1.05. The van der Waals surface area contributed by atoms with Crippen molar-refractivity contribution in [3.8, 4) is 0 Å². The third-order valence-corrected chi connectivity index (χ3v) is 5.50. The molecule has 17 heavy (non-hydrogen) atoms. The summed E-state index contributed by atoms with van der Waals surface area (Å²) in [4.78, 5) is 0. The van der Waals surface area contributed by atoms with Gasteiger partial charge in [0.05, 0.1) is 0 Å².